The molecule has 0 N–H and O–H groups in total. The number of carbonyl (C=O) groups excluding carboxylic acids is 1. The van der Waals surface area contributed by atoms with Crippen molar-refractivity contribution in [3.05, 3.63) is 0 Å². The van der Waals surface area contributed by atoms with E-state index >= 15 is 0 Å². The van der Waals surface area contributed by atoms with Gasteiger partial charge in [-0.3, -0.25) is 4.79 Å². The second kappa shape index (κ2) is 9.88. The standard InChI is InChI=1S/C12H22BrCl3O2Si/c1-12(2,13)11(17)18-9-7-5-3-4-6-8-10-19(14,15)16/h3-10H2,1-2H3. The quantitative estimate of drug-likeness (QED) is 0.151. The highest BCUT2D eigenvalue weighted by atomic mass is 79.9. The molecule has 0 saturated carbocycles. The molecule has 0 fully saturated rings. The third-order valence-electron chi connectivity index (χ3n) is 2.57. The van der Waals surface area contributed by atoms with Gasteiger partial charge in [-0.15, -0.1) is 33.2 Å². The van der Waals surface area contributed by atoms with Crippen molar-refractivity contribution in [2.45, 2.75) is 62.7 Å². The van der Waals surface area contributed by atoms with Crippen molar-refractivity contribution < 1.29 is 9.53 Å². The second-order valence-electron chi connectivity index (χ2n) is 5.09. The van der Waals surface area contributed by atoms with Gasteiger partial charge in [0.15, 0.2) is 0 Å². The number of rotatable bonds is 10. The molecule has 0 atom stereocenters. The topological polar surface area (TPSA) is 26.3 Å². The van der Waals surface area contributed by atoms with Crippen LogP contribution in [-0.2, 0) is 9.53 Å². The van der Waals surface area contributed by atoms with Gasteiger partial charge < -0.3 is 4.74 Å². The van der Waals surface area contributed by atoms with E-state index in [-0.39, 0.29) is 5.97 Å². The Morgan fingerprint density at radius 3 is 2.00 bits per heavy atom. The maximum atomic E-state index is 11.4. The van der Waals surface area contributed by atoms with Crippen LogP contribution in [0.1, 0.15) is 52.4 Å². The monoisotopic (exact) mass is 410 g/mol. The number of unbranched alkanes of at least 4 members (excludes halogenated alkanes) is 5. The molecular weight excluding hydrogens is 390 g/mol. The van der Waals surface area contributed by atoms with Crippen LogP contribution < -0.4 is 0 Å². The van der Waals surface area contributed by atoms with Gasteiger partial charge in [0.05, 0.1) is 6.61 Å². The number of alkyl halides is 1. The van der Waals surface area contributed by atoms with Crippen molar-refractivity contribution in [3.63, 3.8) is 0 Å². The van der Waals surface area contributed by atoms with E-state index in [4.69, 9.17) is 38.0 Å². The van der Waals surface area contributed by atoms with Crippen LogP contribution in [0.4, 0.5) is 0 Å². The first-order valence-electron chi connectivity index (χ1n) is 6.56. The molecule has 7 heteroatoms. The molecule has 0 bridgehead atoms. The summed E-state index contributed by atoms with van der Waals surface area (Å²) >= 11 is 20.7. The van der Waals surface area contributed by atoms with Gasteiger partial charge >= 0.3 is 12.0 Å². The SMILES string of the molecule is CC(C)(Br)C(=O)OCCCCCCCC[Si](Cl)(Cl)Cl. The van der Waals surface area contributed by atoms with Crippen molar-refractivity contribution >= 4 is 61.1 Å². The molecule has 114 valence electrons. The Hall–Kier alpha value is 1.04. The predicted octanol–water partition coefficient (Wildman–Crippen LogP) is 5.70. The Balaban J connectivity index is 3.31. The van der Waals surface area contributed by atoms with E-state index < -0.39 is 10.3 Å². The van der Waals surface area contributed by atoms with Crippen molar-refractivity contribution in [2.75, 3.05) is 6.61 Å². The molecule has 0 rings (SSSR count). The summed E-state index contributed by atoms with van der Waals surface area (Å²) in [6, 6.07) is -1.67. The molecule has 0 aromatic rings. The summed E-state index contributed by atoms with van der Waals surface area (Å²) in [6.45, 7) is 4.06. The minimum atomic E-state index is -2.41. The van der Waals surface area contributed by atoms with E-state index in [2.05, 4.69) is 15.9 Å². The van der Waals surface area contributed by atoms with E-state index in [1.807, 2.05) is 0 Å². The fraction of sp³-hybridized carbons (Fsp3) is 0.917. The number of hydrogen-bond acceptors (Lipinski definition) is 2. The Morgan fingerprint density at radius 1 is 1.05 bits per heavy atom. The van der Waals surface area contributed by atoms with Crippen LogP contribution in [0.5, 0.6) is 0 Å². The first-order chi connectivity index (χ1) is 8.63. The van der Waals surface area contributed by atoms with Crippen molar-refractivity contribution in [3.8, 4) is 0 Å². The van der Waals surface area contributed by atoms with Gasteiger partial charge in [0.25, 0.3) is 0 Å². The van der Waals surface area contributed by atoms with E-state index in [0.29, 0.717) is 6.61 Å². The minimum absolute atomic E-state index is 0.208. The van der Waals surface area contributed by atoms with E-state index in [9.17, 15) is 4.79 Å². The molecule has 0 saturated heterocycles. The molecule has 2 nitrogen and oxygen atoms in total. The highest BCUT2D eigenvalue weighted by Crippen LogP contribution is 2.27. The van der Waals surface area contributed by atoms with Crippen LogP contribution in [0.25, 0.3) is 0 Å². The molecule has 0 aliphatic heterocycles. The summed E-state index contributed by atoms with van der Waals surface area (Å²) in [4.78, 5) is 11.4. The maximum absolute atomic E-state index is 11.4. The molecule has 0 aliphatic carbocycles. The zero-order valence-electron chi connectivity index (χ0n) is 11.5. The van der Waals surface area contributed by atoms with Crippen LogP contribution in [-0.4, -0.2) is 22.9 Å². The smallest absolute Gasteiger partial charge is 0.341 e. The average Bonchev–Trinajstić information content (AvgIpc) is 2.23. The van der Waals surface area contributed by atoms with E-state index in [1.165, 1.54) is 0 Å². The van der Waals surface area contributed by atoms with Gasteiger partial charge in [0, 0.05) is 0 Å². The van der Waals surface area contributed by atoms with Gasteiger partial charge in [-0.05, 0) is 26.3 Å². The third-order valence-corrected chi connectivity index (χ3v) is 5.52. The van der Waals surface area contributed by atoms with E-state index in [1.54, 1.807) is 13.8 Å². The number of esters is 1. The second-order valence-corrected chi connectivity index (χ2v) is 16.4. The van der Waals surface area contributed by atoms with Gasteiger partial charge in [0.1, 0.15) is 4.32 Å². The van der Waals surface area contributed by atoms with Crippen molar-refractivity contribution in [1.29, 1.82) is 0 Å². The molecule has 0 aliphatic rings. The lowest BCUT2D eigenvalue weighted by Gasteiger charge is -2.14. The molecule has 0 amide bonds. The lowest BCUT2D eigenvalue weighted by molar-refractivity contribution is -0.145. The number of carbonyl (C=O) groups is 1. The third kappa shape index (κ3) is 13.8. The molecular formula is C12H22BrCl3O2Si. The number of halogens is 4. The van der Waals surface area contributed by atoms with Crippen LogP contribution in [0, 0.1) is 0 Å². The summed E-state index contributed by atoms with van der Waals surface area (Å²) in [7, 11) is 0. The molecule has 0 spiro atoms. The van der Waals surface area contributed by atoms with Gasteiger partial charge in [-0.2, -0.15) is 0 Å². The summed E-state index contributed by atoms with van der Waals surface area (Å²) in [6.07, 6.45) is 6.36. The Labute approximate surface area is 139 Å². The largest absolute Gasteiger partial charge is 0.465 e. The summed E-state index contributed by atoms with van der Waals surface area (Å²) in [5.41, 5.74) is 0. The molecule has 0 heterocycles. The maximum Gasteiger partial charge on any atom is 0.341 e. The fourth-order valence-corrected chi connectivity index (χ4v) is 3.44. The fourth-order valence-electron chi connectivity index (χ4n) is 1.47. The number of ether oxygens (including phenoxy) is 1. The first-order valence-corrected chi connectivity index (χ1v) is 12.6. The number of hydrogen-bond donors (Lipinski definition) is 0. The summed E-state index contributed by atoms with van der Waals surface area (Å²) in [5, 5.41) is 0. The average molecular weight is 413 g/mol. The van der Waals surface area contributed by atoms with Crippen LogP contribution in [0.2, 0.25) is 6.04 Å². The van der Waals surface area contributed by atoms with Gasteiger partial charge in [0.2, 0.25) is 0 Å². The highest BCUT2D eigenvalue weighted by molar-refractivity contribution is 9.10. The molecule has 19 heavy (non-hydrogen) atoms. The Morgan fingerprint density at radius 2 is 1.53 bits per heavy atom. The Kier molecular flexibility index (Phi) is 10.4. The lowest BCUT2D eigenvalue weighted by Crippen LogP contribution is -2.26. The zero-order chi connectivity index (χ0) is 14.9. The predicted molar refractivity (Wildman–Crippen MR) is 89.8 cm³/mol. The zero-order valence-corrected chi connectivity index (χ0v) is 16.3. The summed E-state index contributed by atoms with van der Waals surface area (Å²) < 4.78 is 4.56. The van der Waals surface area contributed by atoms with Crippen LogP contribution in [0.3, 0.4) is 0 Å². The molecule has 0 aromatic carbocycles. The molecule has 0 unspecified atom stereocenters. The highest BCUT2D eigenvalue weighted by Gasteiger charge is 2.25. The minimum Gasteiger partial charge on any atom is -0.465 e. The first kappa shape index (κ1) is 20.0. The van der Waals surface area contributed by atoms with Gasteiger partial charge in [-0.1, -0.05) is 48.0 Å². The van der Waals surface area contributed by atoms with Gasteiger partial charge in [-0.25, -0.2) is 0 Å². The Bertz CT molecular complexity index is 265. The van der Waals surface area contributed by atoms with Crippen LogP contribution >= 0.6 is 49.2 Å². The van der Waals surface area contributed by atoms with E-state index in [0.717, 1.165) is 44.6 Å². The molecule has 0 radical (unpaired) electrons. The normalized spacial score (nSPS) is 12.5. The summed E-state index contributed by atoms with van der Waals surface area (Å²) in [5.74, 6) is -0.208. The van der Waals surface area contributed by atoms with Crippen molar-refractivity contribution in [1.82, 2.24) is 0 Å². The van der Waals surface area contributed by atoms with Crippen LogP contribution in [0.15, 0.2) is 0 Å². The molecule has 0 aromatic heterocycles. The lowest BCUT2D eigenvalue weighted by atomic mass is 10.1. The van der Waals surface area contributed by atoms with Crippen molar-refractivity contribution in [2.24, 2.45) is 0 Å².